The Labute approximate surface area is 133 Å². The Morgan fingerprint density at radius 3 is 2.48 bits per heavy atom. The maximum absolute atomic E-state index is 11.6. The van der Waals surface area contributed by atoms with Gasteiger partial charge in [-0.1, -0.05) is 23.8 Å². The molecule has 0 heterocycles. The predicted molar refractivity (Wildman–Crippen MR) is 86.7 cm³/mol. The fraction of sp³-hybridized carbons (Fsp3) is 0.118. The van der Waals surface area contributed by atoms with Crippen LogP contribution in [0.2, 0.25) is 0 Å². The van der Waals surface area contributed by atoms with Crippen LogP contribution in [0.1, 0.15) is 22.3 Å². The second kappa shape index (κ2) is 7.09. The standard InChI is InChI=1S/C17H15N3O3/c1-11-5-7-12(8-6-11)19-16-13(17(22)23)3-2-4-14(16)20-15(21)9-10-18/h2-8,19H,9H2,1H3,(H,20,21)(H,22,23). The number of nitrogens with one attached hydrogen (secondary N) is 2. The number of nitrogens with zero attached hydrogens (tertiary/aromatic N) is 1. The molecule has 0 aliphatic heterocycles. The summed E-state index contributed by atoms with van der Waals surface area (Å²) in [4.78, 5) is 23.1. The van der Waals surface area contributed by atoms with Gasteiger partial charge in [-0.2, -0.15) is 5.26 Å². The molecule has 0 fully saturated rings. The highest BCUT2D eigenvalue weighted by Crippen LogP contribution is 2.30. The van der Waals surface area contributed by atoms with Crippen LogP contribution in [0.15, 0.2) is 42.5 Å². The van der Waals surface area contributed by atoms with Gasteiger partial charge in [-0.3, -0.25) is 4.79 Å². The predicted octanol–water partition coefficient (Wildman–Crippen LogP) is 3.29. The second-order valence-electron chi connectivity index (χ2n) is 4.91. The maximum atomic E-state index is 11.6. The lowest BCUT2D eigenvalue weighted by molar-refractivity contribution is -0.115. The highest BCUT2D eigenvalue weighted by Gasteiger charge is 2.16. The Kier molecular flexibility index (Phi) is 4.95. The normalized spacial score (nSPS) is 9.74. The molecule has 0 aromatic heterocycles. The quantitative estimate of drug-likeness (QED) is 0.786. The van der Waals surface area contributed by atoms with Crippen LogP contribution < -0.4 is 10.6 Å². The first-order valence-corrected chi connectivity index (χ1v) is 6.88. The number of aromatic carboxylic acids is 1. The Morgan fingerprint density at radius 1 is 1.17 bits per heavy atom. The average Bonchev–Trinajstić information content (AvgIpc) is 2.51. The van der Waals surface area contributed by atoms with Crippen molar-refractivity contribution in [1.82, 2.24) is 0 Å². The number of hydrogen-bond donors (Lipinski definition) is 3. The van der Waals surface area contributed by atoms with E-state index >= 15 is 0 Å². The zero-order valence-corrected chi connectivity index (χ0v) is 12.5. The van der Waals surface area contributed by atoms with E-state index in [-0.39, 0.29) is 17.7 Å². The van der Waals surface area contributed by atoms with E-state index in [9.17, 15) is 14.7 Å². The Bertz CT molecular complexity index is 777. The lowest BCUT2D eigenvalue weighted by Gasteiger charge is -2.15. The number of hydrogen-bond acceptors (Lipinski definition) is 4. The maximum Gasteiger partial charge on any atom is 0.337 e. The minimum Gasteiger partial charge on any atom is -0.478 e. The molecule has 3 N–H and O–H groups in total. The van der Waals surface area contributed by atoms with Crippen molar-refractivity contribution < 1.29 is 14.7 Å². The Hall–Kier alpha value is -3.33. The number of benzene rings is 2. The van der Waals surface area contributed by atoms with E-state index in [1.807, 2.05) is 31.2 Å². The second-order valence-corrected chi connectivity index (χ2v) is 4.91. The molecular weight excluding hydrogens is 294 g/mol. The highest BCUT2D eigenvalue weighted by atomic mass is 16.4. The monoisotopic (exact) mass is 309 g/mol. The van der Waals surface area contributed by atoms with Crippen LogP contribution in [0, 0.1) is 18.3 Å². The van der Waals surface area contributed by atoms with E-state index in [2.05, 4.69) is 10.6 Å². The molecule has 0 bridgehead atoms. The first-order valence-electron chi connectivity index (χ1n) is 6.88. The van der Waals surface area contributed by atoms with Crippen LogP contribution in [-0.2, 0) is 4.79 Å². The molecule has 2 aromatic rings. The van der Waals surface area contributed by atoms with Gasteiger partial charge in [0.2, 0.25) is 5.91 Å². The van der Waals surface area contributed by atoms with Crippen LogP contribution in [0.5, 0.6) is 0 Å². The molecule has 116 valence electrons. The number of carbonyl (C=O) groups excluding carboxylic acids is 1. The van der Waals surface area contributed by atoms with E-state index in [4.69, 9.17) is 5.26 Å². The molecule has 0 spiro atoms. The Balaban J connectivity index is 2.40. The first-order chi connectivity index (χ1) is 11.0. The molecule has 0 radical (unpaired) electrons. The van der Waals surface area contributed by atoms with Gasteiger partial charge in [0, 0.05) is 5.69 Å². The largest absolute Gasteiger partial charge is 0.478 e. The molecule has 0 saturated carbocycles. The number of nitriles is 1. The zero-order valence-electron chi connectivity index (χ0n) is 12.5. The number of aryl methyl sites for hydroxylation is 1. The number of carboxylic acid groups (broad SMARTS) is 1. The molecule has 2 aromatic carbocycles. The molecule has 0 aliphatic carbocycles. The van der Waals surface area contributed by atoms with E-state index < -0.39 is 11.9 Å². The third-order valence-electron chi connectivity index (χ3n) is 3.13. The number of carboxylic acids is 1. The summed E-state index contributed by atoms with van der Waals surface area (Å²) in [6, 6.07) is 13.7. The van der Waals surface area contributed by atoms with Crippen molar-refractivity contribution in [2.75, 3.05) is 10.6 Å². The van der Waals surface area contributed by atoms with E-state index in [1.165, 1.54) is 12.1 Å². The fourth-order valence-corrected chi connectivity index (χ4v) is 2.02. The Morgan fingerprint density at radius 2 is 1.87 bits per heavy atom. The minimum absolute atomic E-state index is 0.0281. The van der Waals surface area contributed by atoms with Gasteiger partial charge in [0.25, 0.3) is 0 Å². The molecule has 6 nitrogen and oxygen atoms in total. The van der Waals surface area contributed by atoms with Crippen LogP contribution in [0.25, 0.3) is 0 Å². The molecule has 0 aliphatic rings. The van der Waals surface area contributed by atoms with E-state index in [1.54, 1.807) is 12.1 Å². The summed E-state index contributed by atoms with van der Waals surface area (Å²) in [5.74, 6) is -1.61. The van der Waals surface area contributed by atoms with Crippen molar-refractivity contribution in [3.8, 4) is 6.07 Å². The summed E-state index contributed by atoms with van der Waals surface area (Å²) < 4.78 is 0. The van der Waals surface area contributed by atoms with Crippen molar-refractivity contribution in [3.05, 3.63) is 53.6 Å². The summed E-state index contributed by atoms with van der Waals surface area (Å²) in [5, 5.41) is 23.5. The summed E-state index contributed by atoms with van der Waals surface area (Å²) in [6.45, 7) is 1.95. The number of para-hydroxylation sites is 1. The van der Waals surface area contributed by atoms with Crippen LogP contribution in [-0.4, -0.2) is 17.0 Å². The van der Waals surface area contributed by atoms with Gasteiger partial charge in [0.15, 0.2) is 0 Å². The topological polar surface area (TPSA) is 102 Å². The van der Waals surface area contributed by atoms with Gasteiger partial charge < -0.3 is 15.7 Å². The molecule has 0 unspecified atom stereocenters. The summed E-state index contributed by atoms with van der Waals surface area (Å²) in [5.41, 5.74) is 2.38. The number of carbonyl (C=O) groups is 2. The van der Waals surface area contributed by atoms with Crippen LogP contribution in [0.3, 0.4) is 0 Å². The van der Waals surface area contributed by atoms with Crippen LogP contribution >= 0.6 is 0 Å². The van der Waals surface area contributed by atoms with Gasteiger partial charge in [-0.15, -0.1) is 0 Å². The molecular formula is C17H15N3O3. The number of rotatable bonds is 5. The van der Waals surface area contributed by atoms with Gasteiger partial charge in [0.1, 0.15) is 6.42 Å². The SMILES string of the molecule is Cc1ccc(Nc2c(NC(=O)CC#N)cccc2C(=O)O)cc1. The van der Waals surface area contributed by atoms with Gasteiger partial charge in [-0.25, -0.2) is 4.79 Å². The number of amides is 1. The van der Waals surface area contributed by atoms with Crippen molar-refractivity contribution in [2.24, 2.45) is 0 Å². The van der Waals surface area contributed by atoms with Gasteiger partial charge in [0.05, 0.1) is 23.0 Å². The molecule has 6 heteroatoms. The molecule has 0 atom stereocenters. The smallest absolute Gasteiger partial charge is 0.337 e. The summed E-state index contributed by atoms with van der Waals surface area (Å²) >= 11 is 0. The lowest BCUT2D eigenvalue weighted by Crippen LogP contribution is -2.13. The lowest BCUT2D eigenvalue weighted by atomic mass is 10.1. The van der Waals surface area contributed by atoms with E-state index in [0.717, 1.165) is 5.56 Å². The van der Waals surface area contributed by atoms with Gasteiger partial charge >= 0.3 is 5.97 Å². The number of anilines is 3. The van der Waals surface area contributed by atoms with Crippen molar-refractivity contribution in [3.63, 3.8) is 0 Å². The first kappa shape index (κ1) is 16.0. The van der Waals surface area contributed by atoms with Crippen LogP contribution in [0.4, 0.5) is 17.1 Å². The highest BCUT2D eigenvalue weighted by molar-refractivity contribution is 6.03. The van der Waals surface area contributed by atoms with Crippen molar-refractivity contribution in [2.45, 2.75) is 13.3 Å². The average molecular weight is 309 g/mol. The molecule has 23 heavy (non-hydrogen) atoms. The molecule has 0 saturated heterocycles. The molecule has 2 rings (SSSR count). The van der Waals surface area contributed by atoms with Gasteiger partial charge in [-0.05, 0) is 31.2 Å². The summed E-state index contributed by atoms with van der Waals surface area (Å²) in [6.07, 6.45) is -0.304. The third-order valence-corrected chi connectivity index (χ3v) is 3.13. The zero-order chi connectivity index (χ0) is 16.8. The van der Waals surface area contributed by atoms with Crippen molar-refractivity contribution in [1.29, 1.82) is 5.26 Å². The van der Waals surface area contributed by atoms with Crippen molar-refractivity contribution >= 4 is 28.9 Å². The fourth-order valence-electron chi connectivity index (χ4n) is 2.02. The molecule has 1 amide bonds. The third kappa shape index (κ3) is 4.08. The summed E-state index contributed by atoms with van der Waals surface area (Å²) in [7, 11) is 0. The van der Waals surface area contributed by atoms with E-state index in [0.29, 0.717) is 11.4 Å². The minimum atomic E-state index is -1.11.